The van der Waals surface area contributed by atoms with Crippen LogP contribution in [-0.2, 0) is 17.9 Å². The van der Waals surface area contributed by atoms with Crippen molar-refractivity contribution < 1.29 is 9.53 Å². The van der Waals surface area contributed by atoms with E-state index in [2.05, 4.69) is 10.3 Å². The molecule has 1 aliphatic heterocycles. The molecule has 0 spiro atoms. The van der Waals surface area contributed by atoms with E-state index < -0.39 is 0 Å². The minimum Gasteiger partial charge on any atom is -0.491 e. The quantitative estimate of drug-likeness (QED) is 0.726. The Kier molecular flexibility index (Phi) is 3.65. The molecule has 3 aromatic rings. The fraction of sp³-hybridized carbons (Fsp3) is 0.278. The minimum absolute atomic E-state index is 0.000291. The number of aromatic nitrogens is 3. The second-order valence-corrected chi connectivity index (χ2v) is 6.03. The topological polar surface area (TPSA) is 60.2 Å². The highest BCUT2D eigenvalue weighted by molar-refractivity contribution is 5.80. The normalized spacial score (nSPS) is 17.2. The van der Waals surface area contributed by atoms with Crippen LogP contribution in [0.4, 0.5) is 0 Å². The molecule has 0 saturated carbocycles. The van der Waals surface area contributed by atoms with Gasteiger partial charge in [0.1, 0.15) is 24.4 Å². The number of nitrogens with zero attached hydrogens (tertiary/aromatic N) is 4. The Hall–Kier alpha value is -2.89. The van der Waals surface area contributed by atoms with Crippen molar-refractivity contribution in [2.45, 2.75) is 26.1 Å². The zero-order valence-electron chi connectivity index (χ0n) is 13.4. The first-order valence-electron chi connectivity index (χ1n) is 8.01. The van der Waals surface area contributed by atoms with Gasteiger partial charge in [0.15, 0.2) is 0 Å². The van der Waals surface area contributed by atoms with E-state index in [0.29, 0.717) is 13.2 Å². The highest BCUT2D eigenvalue weighted by atomic mass is 16.5. The molecule has 0 bridgehead atoms. The standard InChI is InChI=1S/C18H18N4O2/c1-13-12-24-17-9-5-2-6-14(17)10-21(13)18(23)11-22-16-8-4-3-7-15(16)19-20-22/h2-9,13H,10-12H2,1H3. The lowest BCUT2D eigenvalue weighted by Crippen LogP contribution is -2.41. The fourth-order valence-corrected chi connectivity index (χ4v) is 3.00. The maximum Gasteiger partial charge on any atom is 0.245 e. The molecule has 0 aliphatic carbocycles. The van der Waals surface area contributed by atoms with E-state index in [1.165, 1.54) is 0 Å². The molecule has 2 aromatic carbocycles. The molecule has 1 aliphatic rings. The number of rotatable bonds is 2. The molecular formula is C18H18N4O2. The molecule has 0 saturated heterocycles. The van der Waals surface area contributed by atoms with Crippen molar-refractivity contribution in [1.29, 1.82) is 0 Å². The number of benzene rings is 2. The summed E-state index contributed by atoms with van der Waals surface area (Å²) >= 11 is 0. The van der Waals surface area contributed by atoms with Crippen molar-refractivity contribution in [3.05, 3.63) is 54.1 Å². The summed E-state index contributed by atoms with van der Waals surface area (Å²) in [5.74, 6) is 0.865. The summed E-state index contributed by atoms with van der Waals surface area (Å²) in [5, 5.41) is 8.22. The molecule has 4 rings (SSSR count). The van der Waals surface area contributed by atoms with Gasteiger partial charge < -0.3 is 9.64 Å². The average Bonchev–Trinajstić information content (AvgIpc) is 2.92. The Morgan fingerprint density at radius 1 is 1.21 bits per heavy atom. The summed E-state index contributed by atoms with van der Waals surface area (Å²) < 4.78 is 7.47. The molecule has 0 N–H and O–H groups in total. The summed E-state index contributed by atoms with van der Waals surface area (Å²) in [6, 6.07) is 15.5. The van der Waals surface area contributed by atoms with Crippen LogP contribution in [0.5, 0.6) is 5.75 Å². The number of hydrogen-bond donors (Lipinski definition) is 0. The first kappa shape index (κ1) is 14.7. The second-order valence-electron chi connectivity index (χ2n) is 6.03. The van der Waals surface area contributed by atoms with Gasteiger partial charge in [-0.05, 0) is 25.1 Å². The first-order valence-corrected chi connectivity index (χ1v) is 8.01. The number of carbonyl (C=O) groups is 1. The van der Waals surface area contributed by atoms with Gasteiger partial charge in [-0.2, -0.15) is 0 Å². The Balaban J connectivity index is 1.59. The third-order valence-corrected chi connectivity index (χ3v) is 4.35. The Morgan fingerprint density at radius 2 is 2.00 bits per heavy atom. The van der Waals surface area contributed by atoms with E-state index >= 15 is 0 Å². The van der Waals surface area contributed by atoms with Crippen molar-refractivity contribution in [3.63, 3.8) is 0 Å². The summed E-state index contributed by atoms with van der Waals surface area (Å²) in [6.45, 7) is 3.21. The van der Waals surface area contributed by atoms with Crippen LogP contribution < -0.4 is 4.74 Å². The summed E-state index contributed by atoms with van der Waals surface area (Å²) in [4.78, 5) is 14.7. The lowest BCUT2D eigenvalue weighted by Gasteiger charge is -2.26. The number of amides is 1. The molecule has 1 atom stereocenters. The van der Waals surface area contributed by atoms with E-state index in [-0.39, 0.29) is 18.5 Å². The van der Waals surface area contributed by atoms with E-state index in [0.717, 1.165) is 22.3 Å². The molecule has 0 fully saturated rings. The lowest BCUT2D eigenvalue weighted by molar-refractivity contribution is -0.135. The predicted molar refractivity (Wildman–Crippen MR) is 89.5 cm³/mol. The van der Waals surface area contributed by atoms with Gasteiger partial charge in [0.25, 0.3) is 0 Å². The van der Waals surface area contributed by atoms with Crippen LogP contribution in [0, 0.1) is 0 Å². The molecule has 1 aromatic heterocycles. The smallest absolute Gasteiger partial charge is 0.245 e. The molecule has 2 heterocycles. The Morgan fingerprint density at radius 3 is 2.92 bits per heavy atom. The van der Waals surface area contributed by atoms with Gasteiger partial charge in [0, 0.05) is 12.1 Å². The van der Waals surface area contributed by atoms with E-state index in [1.807, 2.05) is 60.4 Å². The Bertz CT molecular complexity index is 889. The lowest BCUT2D eigenvalue weighted by atomic mass is 10.2. The highest BCUT2D eigenvalue weighted by Gasteiger charge is 2.26. The van der Waals surface area contributed by atoms with Crippen LogP contribution in [-0.4, -0.2) is 38.4 Å². The monoisotopic (exact) mass is 322 g/mol. The van der Waals surface area contributed by atoms with Crippen LogP contribution in [0.15, 0.2) is 48.5 Å². The van der Waals surface area contributed by atoms with Crippen molar-refractivity contribution >= 4 is 16.9 Å². The van der Waals surface area contributed by atoms with E-state index in [4.69, 9.17) is 4.74 Å². The minimum atomic E-state index is -0.000291. The molecule has 6 heteroatoms. The molecular weight excluding hydrogens is 304 g/mol. The van der Waals surface area contributed by atoms with Gasteiger partial charge in [0.05, 0.1) is 11.6 Å². The van der Waals surface area contributed by atoms with Gasteiger partial charge in [-0.3, -0.25) is 4.79 Å². The zero-order valence-corrected chi connectivity index (χ0v) is 13.4. The van der Waals surface area contributed by atoms with Gasteiger partial charge in [-0.25, -0.2) is 4.68 Å². The van der Waals surface area contributed by atoms with Crippen molar-refractivity contribution in [2.75, 3.05) is 6.61 Å². The molecule has 122 valence electrons. The zero-order chi connectivity index (χ0) is 16.5. The summed E-state index contributed by atoms with van der Waals surface area (Å²) in [6.07, 6.45) is 0. The number of ether oxygens (including phenoxy) is 1. The van der Waals surface area contributed by atoms with Crippen LogP contribution in [0.2, 0.25) is 0 Å². The summed E-state index contributed by atoms with van der Waals surface area (Å²) in [5.41, 5.74) is 2.69. The van der Waals surface area contributed by atoms with Gasteiger partial charge in [0.2, 0.25) is 5.91 Å². The van der Waals surface area contributed by atoms with E-state index in [1.54, 1.807) is 4.68 Å². The molecule has 1 unspecified atom stereocenters. The third kappa shape index (κ3) is 2.60. The molecule has 0 radical (unpaired) electrons. The Labute approximate surface area is 139 Å². The number of para-hydroxylation sites is 2. The van der Waals surface area contributed by atoms with Crippen LogP contribution in [0.3, 0.4) is 0 Å². The first-order chi connectivity index (χ1) is 11.7. The van der Waals surface area contributed by atoms with Gasteiger partial charge >= 0.3 is 0 Å². The summed E-state index contributed by atoms with van der Waals surface area (Å²) in [7, 11) is 0. The number of hydrogen-bond acceptors (Lipinski definition) is 4. The second kappa shape index (κ2) is 5.96. The van der Waals surface area contributed by atoms with Crippen molar-refractivity contribution in [2.24, 2.45) is 0 Å². The fourth-order valence-electron chi connectivity index (χ4n) is 3.00. The molecule has 6 nitrogen and oxygen atoms in total. The van der Waals surface area contributed by atoms with Crippen LogP contribution in [0.1, 0.15) is 12.5 Å². The van der Waals surface area contributed by atoms with Crippen LogP contribution >= 0.6 is 0 Å². The number of fused-ring (bicyclic) bond motifs is 2. The maximum absolute atomic E-state index is 12.9. The maximum atomic E-state index is 12.9. The SMILES string of the molecule is CC1COc2ccccc2CN1C(=O)Cn1nnc2ccccc21. The number of carbonyl (C=O) groups excluding carboxylic acids is 1. The molecule has 24 heavy (non-hydrogen) atoms. The average molecular weight is 322 g/mol. The molecule has 1 amide bonds. The predicted octanol–water partition coefficient (Wildman–Crippen LogP) is 2.24. The largest absolute Gasteiger partial charge is 0.491 e. The van der Waals surface area contributed by atoms with Crippen molar-refractivity contribution in [3.8, 4) is 5.75 Å². The highest BCUT2D eigenvalue weighted by Crippen LogP contribution is 2.25. The van der Waals surface area contributed by atoms with Gasteiger partial charge in [-0.1, -0.05) is 35.5 Å². The van der Waals surface area contributed by atoms with Gasteiger partial charge in [-0.15, -0.1) is 5.10 Å². The van der Waals surface area contributed by atoms with E-state index in [9.17, 15) is 4.79 Å². The van der Waals surface area contributed by atoms with Crippen LogP contribution in [0.25, 0.3) is 11.0 Å². The van der Waals surface area contributed by atoms with Crippen molar-refractivity contribution in [1.82, 2.24) is 19.9 Å². The third-order valence-electron chi connectivity index (χ3n) is 4.35.